The topological polar surface area (TPSA) is 46.5 Å². The Labute approximate surface area is 65.7 Å². The molecule has 0 saturated carbocycles. The lowest BCUT2D eigenvalue weighted by Gasteiger charge is -2.19. The van der Waals surface area contributed by atoms with E-state index in [-0.39, 0.29) is 11.9 Å². The van der Waals surface area contributed by atoms with Crippen LogP contribution in [0, 0.1) is 5.92 Å². The van der Waals surface area contributed by atoms with Gasteiger partial charge in [0.1, 0.15) is 6.10 Å². The molecule has 0 aromatic carbocycles. The Bertz CT molecular complexity index is 184. The lowest BCUT2D eigenvalue weighted by Crippen LogP contribution is -2.30. The number of aliphatic hydroxyl groups excluding tert-OH is 1. The summed E-state index contributed by atoms with van der Waals surface area (Å²) in [4.78, 5) is 10.6. The number of carbonyl (C=O) groups is 1. The molecule has 62 valence electrons. The van der Waals surface area contributed by atoms with Crippen LogP contribution >= 0.6 is 0 Å². The van der Waals surface area contributed by atoms with Gasteiger partial charge in [-0.1, -0.05) is 13.8 Å². The van der Waals surface area contributed by atoms with Crippen molar-refractivity contribution in [1.82, 2.24) is 0 Å². The average molecular weight is 156 g/mol. The van der Waals surface area contributed by atoms with E-state index >= 15 is 0 Å². The molecule has 1 aliphatic heterocycles. The highest BCUT2D eigenvalue weighted by Gasteiger charge is 2.26. The third-order valence-electron chi connectivity index (χ3n) is 1.69. The van der Waals surface area contributed by atoms with Gasteiger partial charge in [-0.25, -0.2) is 4.79 Å². The molecule has 2 atom stereocenters. The van der Waals surface area contributed by atoms with Crippen LogP contribution in [0.2, 0.25) is 0 Å². The first-order chi connectivity index (χ1) is 5.11. The van der Waals surface area contributed by atoms with E-state index in [1.54, 1.807) is 6.08 Å². The second-order valence-corrected chi connectivity index (χ2v) is 3.00. The van der Waals surface area contributed by atoms with Gasteiger partial charge in [-0.15, -0.1) is 0 Å². The monoisotopic (exact) mass is 156 g/mol. The summed E-state index contributed by atoms with van der Waals surface area (Å²) in [5.74, 6) is -0.259. The smallest absolute Gasteiger partial charge is 0.331 e. The Hall–Kier alpha value is -0.830. The van der Waals surface area contributed by atoms with E-state index in [4.69, 9.17) is 4.74 Å². The molecule has 0 fully saturated rings. The first-order valence-corrected chi connectivity index (χ1v) is 3.68. The van der Waals surface area contributed by atoms with Crippen molar-refractivity contribution in [3.05, 3.63) is 12.2 Å². The number of aliphatic hydroxyl groups is 1. The molecule has 0 aromatic heterocycles. The standard InChI is InChI=1S/C8H12O3/c1-5(2)8(10)6-3-4-7(9)11-6/h3-6,8,10H,1-2H3/t6-,8-/m0/s1. The van der Waals surface area contributed by atoms with Crippen LogP contribution in [0.25, 0.3) is 0 Å². The summed E-state index contributed by atoms with van der Waals surface area (Å²) < 4.78 is 4.78. The third-order valence-corrected chi connectivity index (χ3v) is 1.69. The highest BCUT2D eigenvalue weighted by Crippen LogP contribution is 2.15. The fourth-order valence-electron chi connectivity index (χ4n) is 0.949. The minimum atomic E-state index is -0.585. The number of ether oxygens (including phenoxy) is 1. The molecule has 1 rings (SSSR count). The lowest BCUT2D eigenvalue weighted by atomic mass is 10.0. The molecule has 0 bridgehead atoms. The molecule has 11 heavy (non-hydrogen) atoms. The van der Waals surface area contributed by atoms with Gasteiger partial charge < -0.3 is 9.84 Å². The van der Waals surface area contributed by atoms with Crippen molar-refractivity contribution >= 4 is 5.97 Å². The van der Waals surface area contributed by atoms with Crippen LogP contribution in [-0.4, -0.2) is 23.3 Å². The highest BCUT2D eigenvalue weighted by molar-refractivity contribution is 5.84. The van der Waals surface area contributed by atoms with Crippen molar-refractivity contribution in [2.45, 2.75) is 26.1 Å². The SMILES string of the molecule is CC(C)[C@H](O)[C@@H]1C=CC(=O)O1. The summed E-state index contributed by atoms with van der Waals surface area (Å²) in [5, 5.41) is 9.42. The fourth-order valence-corrected chi connectivity index (χ4v) is 0.949. The first kappa shape index (κ1) is 8.27. The molecule has 0 amide bonds. The molecule has 0 radical (unpaired) electrons. The van der Waals surface area contributed by atoms with Crippen molar-refractivity contribution < 1.29 is 14.6 Å². The van der Waals surface area contributed by atoms with Gasteiger partial charge in [0.05, 0.1) is 6.10 Å². The van der Waals surface area contributed by atoms with Crippen molar-refractivity contribution in [2.75, 3.05) is 0 Å². The summed E-state index contributed by atoms with van der Waals surface area (Å²) in [6, 6.07) is 0. The summed E-state index contributed by atoms with van der Waals surface area (Å²) in [5.41, 5.74) is 0. The zero-order chi connectivity index (χ0) is 8.43. The van der Waals surface area contributed by atoms with E-state index in [0.29, 0.717) is 0 Å². The highest BCUT2D eigenvalue weighted by atomic mass is 16.6. The summed E-state index contributed by atoms with van der Waals surface area (Å²) in [7, 11) is 0. The van der Waals surface area contributed by atoms with Gasteiger partial charge in [-0.2, -0.15) is 0 Å². The molecule has 0 aliphatic carbocycles. The second kappa shape index (κ2) is 3.05. The maximum absolute atomic E-state index is 10.6. The first-order valence-electron chi connectivity index (χ1n) is 3.68. The van der Waals surface area contributed by atoms with E-state index < -0.39 is 12.2 Å². The minimum absolute atomic E-state index is 0.107. The number of esters is 1. The number of cyclic esters (lactones) is 1. The van der Waals surface area contributed by atoms with E-state index in [9.17, 15) is 9.90 Å². The quantitative estimate of drug-likeness (QED) is 0.592. The van der Waals surface area contributed by atoms with Crippen molar-refractivity contribution in [1.29, 1.82) is 0 Å². The Morgan fingerprint density at radius 3 is 2.64 bits per heavy atom. The fraction of sp³-hybridized carbons (Fsp3) is 0.625. The number of hydrogen-bond donors (Lipinski definition) is 1. The summed E-state index contributed by atoms with van der Waals surface area (Å²) >= 11 is 0. The Balaban J connectivity index is 2.51. The Morgan fingerprint density at radius 2 is 2.27 bits per heavy atom. The van der Waals surface area contributed by atoms with Gasteiger partial charge in [0, 0.05) is 6.08 Å². The van der Waals surface area contributed by atoms with Crippen molar-refractivity contribution in [3.63, 3.8) is 0 Å². The van der Waals surface area contributed by atoms with Gasteiger partial charge >= 0.3 is 5.97 Å². The molecule has 1 heterocycles. The van der Waals surface area contributed by atoms with E-state index in [1.807, 2.05) is 13.8 Å². The van der Waals surface area contributed by atoms with E-state index in [2.05, 4.69) is 0 Å². The van der Waals surface area contributed by atoms with Gasteiger partial charge in [0.15, 0.2) is 0 Å². The van der Waals surface area contributed by atoms with Crippen LogP contribution in [-0.2, 0) is 9.53 Å². The number of hydrogen-bond acceptors (Lipinski definition) is 3. The van der Waals surface area contributed by atoms with Crippen LogP contribution < -0.4 is 0 Å². The Kier molecular flexibility index (Phi) is 2.29. The third kappa shape index (κ3) is 1.80. The predicted molar refractivity (Wildman–Crippen MR) is 39.9 cm³/mol. The van der Waals surface area contributed by atoms with Crippen LogP contribution in [0.5, 0.6) is 0 Å². The van der Waals surface area contributed by atoms with Crippen molar-refractivity contribution in [3.8, 4) is 0 Å². The second-order valence-electron chi connectivity index (χ2n) is 3.00. The molecule has 0 spiro atoms. The molecule has 1 aliphatic rings. The molecular weight excluding hydrogens is 144 g/mol. The summed E-state index contributed by atoms with van der Waals surface area (Å²) in [6.07, 6.45) is 1.91. The van der Waals surface area contributed by atoms with Gasteiger partial charge in [-0.3, -0.25) is 0 Å². The largest absolute Gasteiger partial charge is 0.452 e. The number of carbonyl (C=O) groups excluding carboxylic acids is 1. The van der Waals surface area contributed by atoms with Gasteiger partial charge in [0.25, 0.3) is 0 Å². The molecule has 0 unspecified atom stereocenters. The van der Waals surface area contributed by atoms with Gasteiger partial charge in [-0.05, 0) is 12.0 Å². The Morgan fingerprint density at radius 1 is 1.64 bits per heavy atom. The zero-order valence-corrected chi connectivity index (χ0v) is 6.65. The maximum Gasteiger partial charge on any atom is 0.331 e. The zero-order valence-electron chi connectivity index (χ0n) is 6.65. The van der Waals surface area contributed by atoms with Crippen LogP contribution in [0.3, 0.4) is 0 Å². The molecule has 0 aromatic rings. The van der Waals surface area contributed by atoms with Gasteiger partial charge in [0.2, 0.25) is 0 Å². The van der Waals surface area contributed by atoms with Crippen LogP contribution in [0.4, 0.5) is 0 Å². The predicted octanol–water partition coefficient (Wildman–Crippen LogP) is 0.485. The minimum Gasteiger partial charge on any atom is -0.452 e. The van der Waals surface area contributed by atoms with E-state index in [1.165, 1.54) is 6.08 Å². The van der Waals surface area contributed by atoms with Crippen LogP contribution in [0.15, 0.2) is 12.2 Å². The van der Waals surface area contributed by atoms with Crippen molar-refractivity contribution in [2.24, 2.45) is 5.92 Å². The molecule has 3 heteroatoms. The number of rotatable bonds is 2. The molecule has 0 saturated heterocycles. The molecule has 3 nitrogen and oxygen atoms in total. The maximum atomic E-state index is 10.6. The lowest BCUT2D eigenvalue weighted by molar-refractivity contribution is -0.143. The summed E-state index contributed by atoms with van der Waals surface area (Å²) in [6.45, 7) is 3.76. The normalized spacial score (nSPS) is 25.8. The van der Waals surface area contributed by atoms with Crippen LogP contribution in [0.1, 0.15) is 13.8 Å². The van der Waals surface area contributed by atoms with E-state index in [0.717, 1.165) is 0 Å². The molecule has 1 N–H and O–H groups in total. The molecular formula is C8H12O3. The average Bonchev–Trinajstić information content (AvgIpc) is 2.34.